The quantitative estimate of drug-likeness (QED) is 0.792. The summed E-state index contributed by atoms with van der Waals surface area (Å²) in [6, 6.07) is 8.45. The zero-order valence-electron chi connectivity index (χ0n) is 11.9. The molecule has 1 aliphatic rings. The van der Waals surface area contributed by atoms with E-state index in [9.17, 15) is 22.8 Å². The van der Waals surface area contributed by atoms with Crippen molar-refractivity contribution in [3.8, 4) is 0 Å². The molecule has 0 aliphatic carbocycles. The van der Waals surface area contributed by atoms with Crippen molar-refractivity contribution < 1.29 is 37.0 Å². The van der Waals surface area contributed by atoms with Gasteiger partial charge in [0, 0.05) is 0 Å². The van der Waals surface area contributed by atoms with Crippen molar-refractivity contribution in [1.82, 2.24) is 0 Å². The minimum Gasteiger partial charge on any atom is -0.467 e. The van der Waals surface area contributed by atoms with Crippen molar-refractivity contribution in [3.05, 3.63) is 35.9 Å². The lowest BCUT2D eigenvalue weighted by atomic mass is 9.94. The molecule has 124 valence electrons. The molecule has 6 nitrogen and oxygen atoms in total. The molecule has 0 fully saturated rings. The van der Waals surface area contributed by atoms with E-state index < -0.39 is 36.2 Å². The van der Waals surface area contributed by atoms with Gasteiger partial charge >= 0.3 is 24.2 Å². The van der Waals surface area contributed by atoms with Gasteiger partial charge in [-0.05, 0) is 5.56 Å². The highest BCUT2D eigenvalue weighted by molar-refractivity contribution is 5.96. The molecule has 0 spiro atoms. The molecule has 1 aromatic carbocycles. The number of hydrogen-bond donors (Lipinski definition) is 0. The lowest BCUT2D eigenvalue weighted by Gasteiger charge is -2.31. The van der Waals surface area contributed by atoms with Crippen molar-refractivity contribution in [2.75, 3.05) is 7.11 Å². The molecule has 9 heteroatoms. The van der Waals surface area contributed by atoms with E-state index >= 15 is 0 Å². The number of methoxy groups -OCH3 is 1. The van der Waals surface area contributed by atoms with Crippen LogP contribution in [0.3, 0.4) is 0 Å². The third-order valence-corrected chi connectivity index (χ3v) is 3.08. The number of rotatable bonds is 3. The molecule has 1 atom stereocenters. The van der Waals surface area contributed by atoms with Crippen LogP contribution in [0, 0.1) is 0 Å². The fourth-order valence-electron chi connectivity index (χ4n) is 1.91. The summed E-state index contributed by atoms with van der Waals surface area (Å²) in [6.07, 6.45) is -7.37. The average Bonchev–Trinajstić information content (AvgIpc) is 2.51. The average molecular weight is 331 g/mol. The number of cyclic esters (lactones) is 1. The van der Waals surface area contributed by atoms with Crippen LogP contribution in [0.5, 0.6) is 0 Å². The second kappa shape index (κ2) is 6.27. The summed E-state index contributed by atoms with van der Waals surface area (Å²) in [4.78, 5) is 26.2. The van der Waals surface area contributed by atoms with Crippen LogP contribution in [0.2, 0.25) is 0 Å². The topological polar surface area (TPSA) is 74.2 Å². The number of esters is 2. The van der Waals surface area contributed by atoms with Gasteiger partial charge in [-0.1, -0.05) is 30.3 Å². The fourth-order valence-corrected chi connectivity index (χ4v) is 1.91. The molecule has 1 unspecified atom stereocenters. The van der Waals surface area contributed by atoms with Crippen LogP contribution < -0.4 is 0 Å². The molecule has 2 rings (SSSR count). The highest BCUT2D eigenvalue weighted by atomic mass is 19.4. The molecular formula is C14H12F3NO5. The molecule has 1 aliphatic heterocycles. The maximum Gasteiger partial charge on any atom is 0.425 e. The van der Waals surface area contributed by atoms with Crippen LogP contribution in [-0.4, -0.2) is 36.8 Å². The van der Waals surface area contributed by atoms with Gasteiger partial charge in [0.25, 0.3) is 5.54 Å². The molecule has 0 saturated heterocycles. The van der Waals surface area contributed by atoms with Crippen LogP contribution >= 0.6 is 0 Å². The number of ether oxygens (including phenoxy) is 3. The first kappa shape index (κ1) is 16.8. The Morgan fingerprint density at radius 3 is 2.57 bits per heavy atom. The van der Waals surface area contributed by atoms with E-state index in [1.807, 2.05) is 0 Å². The lowest BCUT2D eigenvalue weighted by molar-refractivity contribution is -0.210. The monoisotopic (exact) mass is 331 g/mol. The molecule has 0 bridgehead atoms. The van der Waals surface area contributed by atoms with Gasteiger partial charge < -0.3 is 14.2 Å². The first-order valence-electron chi connectivity index (χ1n) is 6.41. The highest BCUT2D eigenvalue weighted by Crippen LogP contribution is 2.40. The van der Waals surface area contributed by atoms with Crippen molar-refractivity contribution in [3.63, 3.8) is 0 Å². The standard InChI is InChI=1S/C14H12F3NO5/c1-21-11(20)13(14(15,16)17)7-10(19)23-12(18-13)22-8-9-5-3-2-4-6-9/h2-6H,7-8H2,1H3. The van der Waals surface area contributed by atoms with Gasteiger partial charge in [0.15, 0.2) is 0 Å². The fraction of sp³-hybridized carbons (Fsp3) is 0.357. The van der Waals surface area contributed by atoms with E-state index in [1.54, 1.807) is 30.3 Å². The smallest absolute Gasteiger partial charge is 0.425 e. The van der Waals surface area contributed by atoms with Gasteiger partial charge in [-0.15, -0.1) is 0 Å². The molecule has 0 saturated carbocycles. The number of benzene rings is 1. The summed E-state index contributed by atoms with van der Waals surface area (Å²) in [5, 5.41) is 0. The predicted molar refractivity (Wildman–Crippen MR) is 70.2 cm³/mol. The number of nitrogens with zero attached hydrogens (tertiary/aromatic N) is 1. The minimum atomic E-state index is -5.14. The Kier molecular flexibility index (Phi) is 4.57. The summed E-state index contributed by atoms with van der Waals surface area (Å²) in [5.41, 5.74) is -2.74. The highest BCUT2D eigenvalue weighted by Gasteiger charge is 2.65. The Bertz CT molecular complexity index is 629. The van der Waals surface area contributed by atoms with Gasteiger partial charge in [0.2, 0.25) is 0 Å². The molecule has 1 aromatic rings. The predicted octanol–water partition coefficient (Wildman–Crippen LogP) is 1.98. The molecule has 0 amide bonds. The molecule has 0 N–H and O–H groups in total. The van der Waals surface area contributed by atoms with Gasteiger partial charge in [-0.3, -0.25) is 4.79 Å². The number of alkyl halides is 3. The van der Waals surface area contributed by atoms with Crippen molar-refractivity contribution in [2.24, 2.45) is 4.99 Å². The van der Waals surface area contributed by atoms with E-state index in [0.717, 1.165) is 7.11 Å². The van der Waals surface area contributed by atoms with Crippen LogP contribution in [0.1, 0.15) is 12.0 Å². The Hall–Kier alpha value is -2.58. The maximum absolute atomic E-state index is 13.3. The van der Waals surface area contributed by atoms with E-state index in [-0.39, 0.29) is 6.61 Å². The Morgan fingerprint density at radius 2 is 2.00 bits per heavy atom. The first-order valence-corrected chi connectivity index (χ1v) is 6.41. The lowest BCUT2D eigenvalue weighted by Crippen LogP contribution is -2.55. The van der Waals surface area contributed by atoms with E-state index in [1.165, 1.54) is 0 Å². The Labute approximate surface area is 128 Å². The van der Waals surface area contributed by atoms with Crippen molar-refractivity contribution >= 4 is 18.0 Å². The van der Waals surface area contributed by atoms with Crippen LogP contribution in [-0.2, 0) is 30.4 Å². The largest absolute Gasteiger partial charge is 0.467 e. The van der Waals surface area contributed by atoms with Crippen LogP contribution in [0.25, 0.3) is 0 Å². The Balaban J connectivity index is 2.29. The zero-order valence-corrected chi connectivity index (χ0v) is 11.9. The zero-order chi connectivity index (χ0) is 17.1. The molecular weight excluding hydrogens is 319 g/mol. The van der Waals surface area contributed by atoms with Gasteiger partial charge in [0.05, 0.1) is 13.5 Å². The van der Waals surface area contributed by atoms with E-state index in [4.69, 9.17) is 4.74 Å². The molecule has 23 heavy (non-hydrogen) atoms. The molecule has 0 aromatic heterocycles. The first-order chi connectivity index (χ1) is 10.8. The second-order valence-electron chi connectivity index (χ2n) is 4.65. The minimum absolute atomic E-state index is 0.179. The summed E-state index contributed by atoms with van der Waals surface area (Å²) < 4.78 is 53.5. The van der Waals surface area contributed by atoms with Crippen molar-refractivity contribution in [1.29, 1.82) is 0 Å². The summed E-state index contributed by atoms with van der Waals surface area (Å²) >= 11 is 0. The second-order valence-corrected chi connectivity index (χ2v) is 4.65. The van der Waals surface area contributed by atoms with Gasteiger partial charge in [-0.2, -0.15) is 18.2 Å². The molecule has 1 heterocycles. The Morgan fingerprint density at radius 1 is 1.35 bits per heavy atom. The number of carbonyl (C=O) groups is 2. The number of aliphatic imine (C=N–C) groups is 1. The molecule has 0 radical (unpaired) electrons. The normalized spacial score (nSPS) is 21.2. The van der Waals surface area contributed by atoms with Crippen LogP contribution in [0.4, 0.5) is 13.2 Å². The maximum atomic E-state index is 13.3. The SMILES string of the molecule is COC(=O)C1(C(F)(F)F)CC(=O)OC(OCc2ccccc2)=N1. The summed E-state index contributed by atoms with van der Waals surface area (Å²) in [6.45, 7) is -0.179. The van der Waals surface area contributed by atoms with E-state index in [2.05, 4.69) is 14.5 Å². The van der Waals surface area contributed by atoms with Crippen LogP contribution in [0.15, 0.2) is 35.3 Å². The van der Waals surface area contributed by atoms with Gasteiger partial charge in [0.1, 0.15) is 6.61 Å². The number of hydrogen-bond acceptors (Lipinski definition) is 6. The summed E-state index contributed by atoms with van der Waals surface area (Å²) in [7, 11) is 0.774. The number of halogens is 3. The third-order valence-electron chi connectivity index (χ3n) is 3.08. The van der Waals surface area contributed by atoms with Crippen molar-refractivity contribution in [2.45, 2.75) is 24.7 Å². The third kappa shape index (κ3) is 3.43. The van der Waals surface area contributed by atoms with Gasteiger partial charge in [-0.25, -0.2) is 4.79 Å². The van der Waals surface area contributed by atoms with E-state index in [0.29, 0.717) is 5.56 Å². The summed E-state index contributed by atoms with van der Waals surface area (Å²) in [5.74, 6) is -2.99. The number of carbonyl (C=O) groups excluding carboxylic acids is 2.